The zero-order valence-corrected chi connectivity index (χ0v) is 19.7. The van der Waals surface area contributed by atoms with Crippen LogP contribution in [0.4, 0.5) is 5.69 Å². The van der Waals surface area contributed by atoms with Crippen molar-refractivity contribution in [3.05, 3.63) is 63.8 Å². The number of hydrogen-bond donors (Lipinski definition) is 1. The number of piperazine rings is 1. The summed E-state index contributed by atoms with van der Waals surface area (Å²) in [4.78, 5) is 19.3. The van der Waals surface area contributed by atoms with Crippen molar-refractivity contribution in [2.75, 3.05) is 37.3 Å². The number of nitrogens with zero attached hydrogens (tertiary/aromatic N) is 3. The van der Waals surface area contributed by atoms with Crippen LogP contribution in [0.15, 0.2) is 30.3 Å². The minimum absolute atomic E-state index is 0.0514. The normalized spacial score (nSPS) is 18.4. The van der Waals surface area contributed by atoms with E-state index >= 15 is 0 Å². The van der Waals surface area contributed by atoms with Crippen molar-refractivity contribution in [2.45, 2.75) is 19.3 Å². The van der Waals surface area contributed by atoms with Gasteiger partial charge in [-0.3, -0.25) is 4.79 Å². The fourth-order valence-corrected chi connectivity index (χ4v) is 5.78. The van der Waals surface area contributed by atoms with Gasteiger partial charge in [0.05, 0.1) is 36.0 Å². The molecule has 7 heteroatoms. The molecule has 0 saturated carbocycles. The van der Waals surface area contributed by atoms with Crippen molar-refractivity contribution in [1.82, 2.24) is 9.29 Å². The van der Waals surface area contributed by atoms with E-state index in [1.54, 1.807) is 18.4 Å². The van der Waals surface area contributed by atoms with Crippen LogP contribution in [0.5, 0.6) is 0 Å². The molecule has 1 saturated heterocycles. The van der Waals surface area contributed by atoms with Crippen LogP contribution in [0.2, 0.25) is 0 Å². The molecule has 1 N–H and O–H groups in total. The lowest BCUT2D eigenvalue weighted by molar-refractivity contribution is 0.103. The number of fused-ring (bicyclic) bond motifs is 4. The molecular weight excluding hydrogens is 432 g/mol. The number of benzene rings is 2. The second-order valence-corrected chi connectivity index (χ2v) is 10.5. The molecule has 5 rings (SSSR count). The number of carbonyl (C=O) groups is 1. The minimum atomic E-state index is -0.988. The van der Waals surface area contributed by atoms with Crippen LogP contribution in [0, 0.1) is 23.7 Å². The first-order valence-corrected chi connectivity index (χ1v) is 12.4. The van der Waals surface area contributed by atoms with Gasteiger partial charge in [0.15, 0.2) is 5.78 Å². The lowest BCUT2D eigenvalue weighted by atomic mass is 9.70. The summed E-state index contributed by atoms with van der Waals surface area (Å²) in [6.45, 7) is 7.04. The summed E-state index contributed by atoms with van der Waals surface area (Å²) in [7, 11) is 0. The molecule has 0 amide bonds. The Hall–Kier alpha value is -3.23. The Labute approximate surface area is 196 Å². The average molecular weight is 457 g/mol. The summed E-state index contributed by atoms with van der Waals surface area (Å²) < 4.78 is 13.8. The summed E-state index contributed by atoms with van der Waals surface area (Å²) in [6.07, 6.45) is 7.59. The number of ketones is 1. The van der Waals surface area contributed by atoms with Gasteiger partial charge in [0.1, 0.15) is 6.26 Å². The molecule has 2 heterocycles. The first kappa shape index (κ1) is 21.6. The maximum Gasteiger partial charge on any atom is 0.195 e. The molecule has 0 spiro atoms. The summed E-state index contributed by atoms with van der Waals surface area (Å²) in [5.74, 6) is 2.73. The van der Waals surface area contributed by atoms with Gasteiger partial charge in [-0.15, -0.1) is 10.7 Å². The summed E-state index contributed by atoms with van der Waals surface area (Å²) in [5, 5.41) is 10.1. The third-order valence-corrected chi connectivity index (χ3v) is 8.02. The van der Waals surface area contributed by atoms with Crippen LogP contribution >= 0.6 is 0 Å². The molecule has 166 valence electrons. The van der Waals surface area contributed by atoms with E-state index in [-0.39, 0.29) is 5.78 Å². The molecule has 1 aromatic heterocycles. The third kappa shape index (κ3) is 3.24. The zero-order valence-electron chi connectivity index (χ0n) is 18.9. The molecule has 1 atom stereocenters. The number of nitriles is 1. The van der Waals surface area contributed by atoms with Gasteiger partial charge >= 0.3 is 0 Å². The van der Waals surface area contributed by atoms with Crippen molar-refractivity contribution >= 4 is 33.7 Å². The number of aromatic amines is 1. The molecule has 1 aliphatic heterocycles. The molecule has 2 aromatic carbocycles. The van der Waals surface area contributed by atoms with Crippen LogP contribution < -0.4 is 4.90 Å². The molecule has 3 aromatic rings. The third-order valence-electron chi connectivity index (χ3n) is 6.93. The Balaban J connectivity index is 1.64. The Kier molecular flexibility index (Phi) is 5.02. The number of hydrogen-bond acceptors (Lipinski definition) is 5. The standard InChI is InChI=1S/C26H24N4O2S/c1-5-17-13-19-20(14-22(17)29-8-10-30(11-9-29)33(4)32)26(2,3)25-23(24(19)31)18-7-6-16(15-27)12-21(18)28-25/h1,6-7,12-14,28H,8-11H2,2-4H3. The number of anilines is 1. The van der Waals surface area contributed by atoms with Gasteiger partial charge in [-0.25, -0.2) is 0 Å². The van der Waals surface area contributed by atoms with Crippen LogP contribution in [-0.2, 0) is 16.8 Å². The number of carbonyl (C=O) groups excluding carboxylic acids is 1. The van der Waals surface area contributed by atoms with Gasteiger partial charge in [0.2, 0.25) is 0 Å². The summed E-state index contributed by atoms with van der Waals surface area (Å²) >= 11 is -0.988. The van der Waals surface area contributed by atoms with Crippen molar-refractivity contribution in [3.8, 4) is 18.4 Å². The van der Waals surface area contributed by atoms with Gasteiger partial charge in [-0.1, -0.05) is 25.8 Å². The smallest absolute Gasteiger partial charge is 0.195 e. The average Bonchev–Trinajstić information content (AvgIpc) is 3.22. The van der Waals surface area contributed by atoms with Crippen molar-refractivity contribution in [3.63, 3.8) is 0 Å². The van der Waals surface area contributed by atoms with Crippen LogP contribution in [0.25, 0.3) is 10.9 Å². The fourth-order valence-electron chi connectivity index (χ4n) is 5.10. The van der Waals surface area contributed by atoms with Crippen LogP contribution in [-0.4, -0.2) is 52.1 Å². The maximum atomic E-state index is 13.7. The Morgan fingerprint density at radius 2 is 1.91 bits per heavy atom. The van der Waals surface area contributed by atoms with Crippen molar-refractivity contribution in [1.29, 1.82) is 5.26 Å². The molecule has 0 radical (unpaired) electrons. The SMILES string of the molecule is C#Cc1cc2c(cc1N1CCN([S+](C)[O-])CC1)C(C)(C)c1[nH]c3cc(C#N)ccc3c1C2=O. The number of terminal acetylenes is 1. The number of H-pyrrole nitrogens is 1. The lowest BCUT2D eigenvalue weighted by Crippen LogP contribution is -2.48. The van der Waals surface area contributed by atoms with Crippen molar-refractivity contribution in [2.24, 2.45) is 0 Å². The van der Waals surface area contributed by atoms with Gasteiger partial charge in [0.25, 0.3) is 0 Å². The van der Waals surface area contributed by atoms with Gasteiger partial charge in [-0.2, -0.15) is 5.26 Å². The highest BCUT2D eigenvalue weighted by molar-refractivity contribution is 7.88. The highest BCUT2D eigenvalue weighted by atomic mass is 32.2. The second kappa shape index (κ2) is 7.67. The Bertz CT molecular complexity index is 1380. The molecule has 2 aliphatic rings. The number of rotatable bonds is 2. The quantitative estimate of drug-likeness (QED) is 0.472. The summed E-state index contributed by atoms with van der Waals surface area (Å²) in [6, 6.07) is 11.5. The van der Waals surface area contributed by atoms with E-state index in [9.17, 15) is 14.6 Å². The first-order valence-electron chi connectivity index (χ1n) is 10.9. The van der Waals surface area contributed by atoms with Gasteiger partial charge in [-0.05, 0) is 29.8 Å². The van der Waals surface area contributed by atoms with E-state index in [0.29, 0.717) is 35.3 Å². The van der Waals surface area contributed by atoms with E-state index in [0.717, 1.165) is 40.9 Å². The van der Waals surface area contributed by atoms with Crippen LogP contribution in [0.3, 0.4) is 0 Å². The molecule has 1 fully saturated rings. The number of aromatic nitrogens is 1. The predicted octanol–water partition coefficient (Wildman–Crippen LogP) is 3.31. The zero-order chi connectivity index (χ0) is 23.5. The van der Waals surface area contributed by atoms with E-state index < -0.39 is 16.8 Å². The molecule has 1 aliphatic carbocycles. The highest BCUT2D eigenvalue weighted by Gasteiger charge is 2.40. The predicted molar refractivity (Wildman–Crippen MR) is 131 cm³/mol. The summed E-state index contributed by atoms with van der Waals surface area (Å²) in [5.41, 5.74) is 5.58. The molecule has 0 bridgehead atoms. The molecule has 33 heavy (non-hydrogen) atoms. The topological polar surface area (TPSA) is 86.2 Å². The van der Waals surface area contributed by atoms with E-state index in [1.807, 2.05) is 16.4 Å². The van der Waals surface area contributed by atoms with Crippen LogP contribution in [0.1, 0.15) is 52.2 Å². The number of nitrogens with one attached hydrogen (secondary N) is 1. The Morgan fingerprint density at radius 1 is 1.18 bits per heavy atom. The second-order valence-electron chi connectivity index (χ2n) is 9.10. The van der Waals surface area contributed by atoms with Gasteiger partial charge in [0, 0.05) is 57.6 Å². The Morgan fingerprint density at radius 3 is 2.55 bits per heavy atom. The van der Waals surface area contributed by atoms with E-state index in [4.69, 9.17) is 6.42 Å². The highest BCUT2D eigenvalue weighted by Crippen LogP contribution is 2.45. The van der Waals surface area contributed by atoms with E-state index in [1.165, 1.54) is 0 Å². The molecule has 1 unspecified atom stereocenters. The first-order chi connectivity index (χ1) is 15.8. The maximum absolute atomic E-state index is 13.7. The van der Waals surface area contributed by atoms with E-state index in [2.05, 4.69) is 41.8 Å². The monoisotopic (exact) mass is 456 g/mol. The largest absolute Gasteiger partial charge is 0.598 e. The fraction of sp³-hybridized carbons (Fsp3) is 0.308. The lowest BCUT2D eigenvalue weighted by Gasteiger charge is -2.37. The van der Waals surface area contributed by atoms with Gasteiger partial charge < -0.3 is 14.4 Å². The molecular formula is C26H24N4O2S. The molecule has 6 nitrogen and oxygen atoms in total. The van der Waals surface area contributed by atoms with Crippen molar-refractivity contribution < 1.29 is 9.35 Å². The minimum Gasteiger partial charge on any atom is -0.598 e.